The molecule has 0 saturated carbocycles. The lowest BCUT2D eigenvalue weighted by Gasteiger charge is -2.26. The first kappa shape index (κ1) is 42.6. The van der Waals surface area contributed by atoms with Gasteiger partial charge < -0.3 is 19.7 Å². The fourth-order valence-electron chi connectivity index (χ4n) is 6.50. The van der Waals surface area contributed by atoms with Crippen molar-refractivity contribution in [2.75, 3.05) is 46.4 Å². The molecule has 0 aromatic heterocycles. The molecule has 0 aliphatic carbocycles. The molecule has 0 fully saturated rings. The Morgan fingerprint density at radius 2 is 0.907 bits per heavy atom. The number of likely N-dealkylation sites (N-methyl/N-ethyl adjacent to an activating group) is 1. The van der Waals surface area contributed by atoms with Gasteiger partial charge in [0.1, 0.15) is 6.29 Å². The topological polar surface area (TPSA) is 43.8 Å². The van der Waals surface area contributed by atoms with Crippen molar-refractivity contribution in [1.82, 2.24) is 9.80 Å². The van der Waals surface area contributed by atoms with E-state index in [0.717, 1.165) is 31.5 Å². The fourth-order valence-corrected chi connectivity index (χ4v) is 6.50. The number of aliphatic hydroxyl groups excluding tert-OH is 1. The highest BCUT2D eigenvalue weighted by molar-refractivity contribution is 5.48. The van der Waals surface area contributed by atoms with Crippen LogP contribution >= 0.6 is 0 Å². The standard InChI is InChI=1S/C39H80N2O2/c1-4-6-8-10-14-22-30-39(29-21-9-7-5-2)31-23-15-17-25-33-41(34-26-18-20-28-38-43)36-35-40(3)32-24-16-12-11-13-19-27-37-42/h38-39,42H,4-37H2,1-3H3. The van der Waals surface area contributed by atoms with Crippen molar-refractivity contribution >= 4 is 6.29 Å². The summed E-state index contributed by atoms with van der Waals surface area (Å²) in [5, 5.41) is 8.90. The minimum absolute atomic E-state index is 0.347. The van der Waals surface area contributed by atoms with E-state index in [1.54, 1.807) is 0 Å². The number of aldehydes is 1. The predicted molar refractivity (Wildman–Crippen MR) is 191 cm³/mol. The van der Waals surface area contributed by atoms with Gasteiger partial charge in [-0.15, -0.1) is 0 Å². The van der Waals surface area contributed by atoms with E-state index < -0.39 is 0 Å². The lowest BCUT2D eigenvalue weighted by molar-refractivity contribution is -0.107. The van der Waals surface area contributed by atoms with Gasteiger partial charge in [0, 0.05) is 26.1 Å². The maximum Gasteiger partial charge on any atom is 0.119 e. The Kier molecular flexibility index (Phi) is 35.6. The summed E-state index contributed by atoms with van der Waals surface area (Å²) in [4.78, 5) is 15.9. The Balaban J connectivity index is 4.28. The van der Waals surface area contributed by atoms with E-state index in [9.17, 15) is 4.79 Å². The summed E-state index contributed by atoms with van der Waals surface area (Å²) in [6.07, 6.45) is 38.2. The number of aliphatic hydroxyl groups is 1. The van der Waals surface area contributed by atoms with Gasteiger partial charge in [-0.05, 0) is 64.7 Å². The molecular formula is C39H80N2O2. The number of carbonyl (C=O) groups is 1. The number of hydrogen-bond acceptors (Lipinski definition) is 4. The van der Waals surface area contributed by atoms with Gasteiger partial charge in [-0.25, -0.2) is 0 Å². The molecule has 0 aromatic rings. The average Bonchev–Trinajstić information content (AvgIpc) is 3.01. The van der Waals surface area contributed by atoms with Crippen LogP contribution in [0.25, 0.3) is 0 Å². The van der Waals surface area contributed by atoms with Gasteiger partial charge >= 0.3 is 0 Å². The normalized spacial score (nSPS) is 12.5. The number of unbranched alkanes of at least 4 members (excludes halogenated alkanes) is 20. The monoisotopic (exact) mass is 609 g/mol. The van der Waals surface area contributed by atoms with Gasteiger partial charge in [0.15, 0.2) is 0 Å². The zero-order valence-corrected chi connectivity index (χ0v) is 29.9. The fraction of sp³-hybridized carbons (Fsp3) is 0.974. The molecule has 0 rings (SSSR count). The van der Waals surface area contributed by atoms with Crippen molar-refractivity contribution in [2.24, 2.45) is 5.92 Å². The summed E-state index contributed by atoms with van der Waals surface area (Å²) in [7, 11) is 2.30. The zero-order chi connectivity index (χ0) is 31.5. The summed E-state index contributed by atoms with van der Waals surface area (Å²) in [6, 6.07) is 0. The molecule has 0 aliphatic heterocycles. The molecule has 0 bridgehead atoms. The van der Waals surface area contributed by atoms with Crippen molar-refractivity contribution in [3.63, 3.8) is 0 Å². The van der Waals surface area contributed by atoms with Crippen LogP contribution in [0.4, 0.5) is 0 Å². The minimum atomic E-state index is 0.347. The summed E-state index contributed by atoms with van der Waals surface area (Å²) in [5.41, 5.74) is 0. The first-order valence-electron chi connectivity index (χ1n) is 19.6. The lowest BCUT2D eigenvalue weighted by Crippen LogP contribution is -2.35. The summed E-state index contributed by atoms with van der Waals surface area (Å²) in [6.45, 7) is 11.0. The van der Waals surface area contributed by atoms with E-state index >= 15 is 0 Å². The van der Waals surface area contributed by atoms with Crippen molar-refractivity contribution in [3.05, 3.63) is 0 Å². The molecule has 0 amide bonds. The van der Waals surface area contributed by atoms with Gasteiger partial charge in [0.2, 0.25) is 0 Å². The van der Waals surface area contributed by atoms with Crippen molar-refractivity contribution in [1.29, 1.82) is 0 Å². The van der Waals surface area contributed by atoms with Crippen LogP contribution in [0, 0.1) is 5.92 Å². The first-order chi connectivity index (χ1) is 21.2. The number of hydrogen-bond donors (Lipinski definition) is 1. The van der Waals surface area contributed by atoms with Gasteiger partial charge in [-0.3, -0.25) is 0 Å². The van der Waals surface area contributed by atoms with E-state index in [1.807, 2.05) is 0 Å². The molecule has 0 aromatic carbocycles. The third-order valence-electron chi connectivity index (χ3n) is 9.56. The van der Waals surface area contributed by atoms with Gasteiger partial charge in [-0.1, -0.05) is 155 Å². The molecule has 0 saturated heterocycles. The van der Waals surface area contributed by atoms with Crippen LogP contribution in [0.3, 0.4) is 0 Å². The van der Waals surface area contributed by atoms with Crippen molar-refractivity contribution in [2.45, 2.75) is 194 Å². The zero-order valence-electron chi connectivity index (χ0n) is 29.9. The number of nitrogens with zero attached hydrogens (tertiary/aromatic N) is 2. The maximum absolute atomic E-state index is 10.7. The van der Waals surface area contributed by atoms with Crippen molar-refractivity contribution < 1.29 is 9.90 Å². The molecule has 1 unspecified atom stereocenters. The third-order valence-corrected chi connectivity index (χ3v) is 9.56. The van der Waals surface area contributed by atoms with Crippen LogP contribution in [-0.2, 0) is 4.79 Å². The molecule has 0 heterocycles. The molecule has 4 nitrogen and oxygen atoms in total. The molecule has 0 radical (unpaired) electrons. The first-order valence-corrected chi connectivity index (χ1v) is 19.6. The van der Waals surface area contributed by atoms with E-state index in [2.05, 4.69) is 30.7 Å². The second-order valence-corrected chi connectivity index (χ2v) is 13.8. The lowest BCUT2D eigenvalue weighted by atomic mass is 9.89. The molecule has 1 atom stereocenters. The second-order valence-electron chi connectivity index (χ2n) is 13.8. The van der Waals surface area contributed by atoms with E-state index in [4.69, 9.17) is 5.11 Å². The molecule has 4 heteroatoms. The second kappa shape index (κ2) is 36.0. The van der Waals surface area contributed by atoms with Crippen molar-refractivity contribution in [3.8, 4) is 0 Å². The largest absolute Gasteiger partial charge is 0.396 e. The van der Waals surface area contributed by atoms with Gasteiger partial charge in [0.05, 0.1) is 0 Å². The highest BCUT2D eigenvalue weighted by Gasteiger charge is 2.10. The molecule has 258 valence electrons. The SMILES string of the molecule is CCCCCCCCC(CCCCCC)CCCCCCN(CCCCCC=O)CCN(C)CCCCCCCCCO. The predicted octanol–water partition coefficient (Wildman–Crippen LogP) is 11.0. The highest BCUT2D eigenvalue weighted by atomic mass is 16.2. The summed E-state index contributed by atoms with van der Waals surface area (Å²) in [5.74, 6) is 0.979. The van der Waals surface area contributed by atoms with E-state index in [0.29, 0.717) is 6.61 Å². The van der Waals surface area contributed by atoms with Crippen LogP contribution in [0.15, 0.2) is 0 Å². The van der Waals surface area contributed by atoms with Crippen LogP contribution in [0.1, 0.15) is 194 Å². The molecule has 43 heavy (non-hydrogen) atoms. The van der Waals surface area contributed by atoms with E-state index in [-0.39, 0.29) is 0 Å². The van der Waals surface area contributed by atoms with E-state index in [1.165, 1.54) is 193 Å². The minimum Gasteiger partial charge on any atom is -0.396 e. The molecule has 0 spiro atoms. The summed E-state index contributed by atoms with van der Waals surface area (Å²) < 4.78 is 0. The Bertz CT molecular complexity index is 529. The smallest absolute Gasteiger partial charge is 0.119 e. The maximum atomic E-state index is 10.7. The number of rotatable bonds is 37. The molecule has 1 N–H and O–H groups in total. The quantitative estimate of drug-likeness (QED) is 0.0563. The Morgan fingerprint density at radius 3 is 1.42 bits per heavy atom. The average molecular weight is 609 g/mol. The Labute approximate surface area is 271 Å². The van der Waals surface area contributed by atoms with Gasteiger partial charge in [0.25, 0.3) is 0 Å². The number of carbonyl (C=O) groups excluding carboxylic acids is 1. The van der Waals surface area contributed by atoms with Gasteiger partial charge in [-0.2, -0.15) is 0 Å². The Morgan fingerprint density at radius 1 is 0.488 bits per heavy atom. The summed E-state index contributed by atoms with van der Waals surface area (Å²) >= 11 is 0. The molecule has 0 aliphatic rings. The molecular weight excluding hydrogens is 528 g/mol. The van der Waals surface area contributed by atoms with Crippen LogP contribution < -0.4 is 0 Å². The van der Waals surface area contributed by atoms with Crippen LogP contribution in [-0.4, -0.2) is 67.6 Å². The van der Waals surface area contributed by atoms with Crippen LogP contribution in [0.5, 0.6) is 0 Å². The highest BCUT2D eigenvalue weighted by Crippen LogP contribution is 2.24. The van der Waals surface area contributed by atoms with Crippen LogP contribution in [0.2, 0.25) is 0 Å². The third kappa shape index (κ3) is 32.7. The Hall–Kier alpha value is -0.450.